The normalized spacial score (nSPS) is 16.5. The van der Waals surface area contributed by atoms with Gasteiger partial charge in [-0.05, 0) is 56.6 Å². The molecule has 2 heterocycles. The van der Waals surface area contributed by atoms with Crippen LogP contribution in [0.25, 0.3) is 0 Å². The number of alkyl halides is 3. The van der Waals surface area contributed by atoms with Crippen LogP contribution >= 0.6 is 0 Å². The van der Waals surface area contributed by atoms with Gasteiger partial charge in [0.25, 0.3) is 0 Å². The van der Waals surface area contributed by atoms with Crippen molar-refractivity contribution in [2.24, 2.45) is 0 Å². The minimum Gasteiger partial charge on any atom is -0.406 e. The highest BCUT2D eigenvalue weighted by Gasteiger charge is 2.32. The fourth-order valence-corrected chi connectivity index (χ4v) is 3.56. The molecule has 1 fully saturated rings. The lowest BCUT2D eigenvalue weighted by Crippen LogP contribution is -2.31. The lowest BCUT2D eigenvalue weighted by atomic mass is 9.99. The van der Waals surface area contributed by atoms with Crippen molar-refractivity contribution in [1.29, 1.82) is 0 Å². The maximum atomic E-state index is 12.6. The number of aromatic nitrogens is 2. The number of halogens is 3. The zero-order chi connectivity index (χ0) is 21.3. The maximum Gasteiger partial charge on any atom is 0.573 e. The lowest BCUT2D eigenvalue weighted by Gasteiger charge is -2.30. The van der Waals surface area contributed by atoms with Crippen LogP contribution in [0.2, 0.25) is 0 Å². The standard InChI is InChI=1S/C21H26F3N5O/c1-28(2)10-8-25-18-12-19(27-20(26-18)15-3-4-15)29-9-7-14-5-6-17(11-16(14)13-29)30-21(22,23)24/h5-6,11-12,15H,3-4,7-10,13H2,1-2H3,(H,25,26,27). The summed E-state index contributed by atoms with van der Waals surface area (Å²) in [5.74, 6) is 2.68. The number of hydrogen-bond acceptors (Lipinski definition) is 6. The molecule has 6 nitrogen and oxygen atoms in total. The van der Waals surface area contributed by atoms with Gasteiger partial charge in [0.2, 0.25) is 0 Å². The molecule has 0 spiro atoms. The number of likely N-dealkylation sites (N-methyl/N-ethyl adjacent to an activating group) is 1. The van der Waals surface area contributed by atoms with Crippen molar-refractivity contribution in [2.45, 2.75) is 38.1 Å². The van der Waals surface area contributed by atoms with Gasteiger partial charge in [-0.25, -0.2) is 9.97 Å². The first-order chi connectivity index (χ1) is 14.3. The lowest BCUT2D eigenvalue weighted by molar-refractivity contribution is -0.274. The van der Waals surface area contributed by atoms with E-state index in [4.69, 9.17) is 4.98 Å². The van der Waals surface area contributed by atoms with Crippen LogP contribution in [0, 0.1) is 0 Å². The van der Waals surface area contributed by atoms with Crippen molar-refractivity contribution in [3.05, 3.63) is 41.2 Å². The smallest absolute Gasteiger partial charge is 0.406 e. The van der Waals surface area contributed by atoms with E-state index in [9.17, 15) is 13.2 Å². The fraction of sp³-hybridized carbons (Fsp3) is 0.524. The van der Waals surface area contributed by atoms with Gasteiger partial charge in [-0.2, -0.15) is 0 Å². The van der Waals surface area contributed by atoms with Gasteiger partial charge < -0.3 is 19.9 Å². The maximum absolute atomic E-state index is 12.6. The number of rotatable bonds is 7. The molecule has 0 unspecified atom stereocenters. The third-order valence-corrected chi connectivity index (χ3v) is 5.29. The second-order valence-electron chi connectivity index (χ2n) is 8.12. The fourth-order valence-electron chi connectivity index (χ4n) is 3.56. The van der Waals surface area contributed by atoms with Crippen LogP contribution < -0.4 is 15.0 Å². The summed E-state index contributed by atoms with van der Waals surface area (Å²) < 4.78 is 41.8. The van der Waals surface area contributed by atoms with Crippen LogP contribution in [0.4, 0.5) is 24.8 Å². The van der Waals surface area contributed by atoms with E-state index in [1.807, 2.05) is 20.2 Å². The van der Waals surface area contributed by atoms with Gasteiger partial charge in [-0.3, -0.25) is 0 Å². The third-order valence-electron chi connectivity index (χ3n) is 5.29. The first-order valence-electron chi connectivity index (χ1n) is 10.2. The van der Waals surface area contributed by atoms with E-state index in [-0.39, 0.29) is 5.75 Å². The quantitative estimate of drug-likeness (QED) is 0.734. The van der Waals surface area contributed by atoms with Crippen LogP contribution in [0.15, 0.2) is 24.3 Å². The number of benzene rings is 1. The summed E-state index contributed by atoms with van der Waals surface area (Å²) in [4.78, 5) is 13.6. The molecule has 1 aliphatic carbocycles. The number of nitrogens with zero attached hydrogens (tertiary/aromatic N) is 4. The van der Waals surface area contributed by atoms with Crippen molar-refractivity contribution in [2.75, 3.05) is 43.9 Å². The van der Waals surface area contributed by atoms with Crippen molar-refractivity contribution < 1.29 is 17.9 Å². The zero-order valence-electron chi connectivity index (χ0n) is 17.2. The summed E-state index contributed by atoms with van der Waals surface area (Å²) in [7, 11) is 4.04. The highest BCUT2D eigenvalue weighted by molar-refractivity contribution is 5.52. The summed E-state index contributed by atoms with van der Waals surface area (Å²) in [5, 5.41) is 3.37. The van der Waals surface area contributed by atoms with E-state index in [1.165, 1.54) is 12.1 Å². The molecule has 0 radical (unpaired) electrons. The Morgan fingerprint density at radius 3 is 2.67 bits per heavy atom. The molecule has 0 saturated heterocycles. The number of nitrogens with one attached hydrogen (secondary N) is 1. The first kappa shape index (κ1) is 20.7. The molecule has 162 valence electrons. The van der Waals surface area contributed by atoms with E-state index in [2.05, 4.69) is 24.8 Å². The molecular weight excluding hydrogens is 395 g/mol. The summed E-state index contributed by atoms with van der Waals surface area (Å²) in [6.45, 7) is 2.90. The number of fused-ring (bicyclic) bond motifs is 1. The Kier molecular flexibility index (Phi) is 5.73. The minimum atomic E-state index is -4.69. The Hall–Kier alpha value is -2.55. The molecule has 4 rings (SSSR count). The monoisotopic (exact) mass is 421 g/mol. The molecule has 1 N–H and O–H groups in total. The van der Waals surface area contributed by atoms with Crippen LogP contribution in [0.5, 0.6) is 5.75 Å². The van der Waals surface area contributed by atoms with Gasteiger partial charge in [0.15, 0.2) is 0 Å². The van der Waals surface area contributed by atoms with Crippen LogP contribution in [0.3, 0.4) is 0 Å². The minimum absolute atomic E-state index is 0.185. The van der Waals surface area contributed by atoms with Crippen molar-refractivity contribution in [3.63, 3.8) is 0 Å². The predicted octanol–water partition coefficient (Wildman–Crippen LogP) is 3.79. The Morgan fingerprint density at radius 1 is 1.17 bits per heavy atom. The number of anilines is 2. The number of ether oxygens (including phenoxy) is 1. The molecule has 2 aliphatic rings. The highest BCUT2D eigenvalue weighted by Crippen LogP contribution is 2.39. The number of hydrogen-bond donors (Lipinski definition) is 1. The second-order valence-corrected chi connectivity index (χ2v) is 8.12. The SMILES string of the molecule is CN(C)CCNc1cc(N2CCc3ccc(OC(F)(F)F)cc3C2)nc(C2CC2)n1. The Morgan fingerprint density at radius 2 is 1.97 bits per heavy atom. The largest absolute Gasteiger partial charge is 0.573 e. The summed E-state index contributed by atoms with van der Waals surface area (Å²) in [5.41, 5.74) is 1.87. The average molecular weight is 421 g/mol. The molecule has 9 heteroatoms. The van der Waals surface area contributed by atoms with E-state index < -0.39 is 6.36 Å². The average Bonchev–Trinajstić information content (AvgIpc) is 3.51. The molecule has 1 aliphatic heterocycles. The van der Waals surface area contributed by atoms with Gasteiger partial charge in [0.1, 0.15) is 23.2 Å². The van der Waals surface area contributed by atoms with Gasteiger partial charge in [-0.1, -0.05) is 6.07 Å². The van der Waals surface area contributed by atoms with E-state index in [0.29, 0.717) is 12.5 Å². The zero-order valence-corrected chi connectivity index (χ0v) is 17.2. The Bertz CT molecular complexity index is 899. The summed E-state index contributed by atoms with van der Waals surface area (Å²) in [6, 6.07) is 6.51. The molecule has 1 aromatic heterocycles. The Labute approximate surface area is 174 Å². The molecule has 0 bridgehead atoms. The van der Waals surface area contributed by atoms with Gasteiger partial charge >= 0.3 is 6.36 Å². The third kappa shape index (κ3) is 5.33. The molecule has 0 amide bonds. The van der Waals surface area contributed by atoms with E-state index in [1.54, 1.807) is 6.07 Å². The predicted molar refractivity (Wildman–Crippen MR) is 109 cm³/mol. The van der Waals surface area contributed by atoms with Crippen LogP contribution in [-0.2, 0) is 13.0 Å². The van der Waals surface area contributed by atoms with Gasteiger partial charge in [0.05, 0.1) is 0 Å². The van der Waals surface area contributed by atoms with Gasteiger partial charge in [-0.15, -0.1) is 13.2 Å². The second kappa shape index (κ2) is 8.29. The molecule has 1 saturated carbocycles. The van der Waals surface area contributed by atoms with E-state index in [0.717, 1.165) is 67.5 Å². The summed E-state index contributed by atoms with van der Waals surface area (Å²) >= 11 is 0. The highest BCUT2D eigenvalue weighted by atomic mass is 19.4. The molecule has 2 aromatic rings. The van der Waals surface area contributed by atoms with Crippen LogP contribution in [-0.4, -0.2) is 55.0 Å². The molecule has 30 heavy (non-hydrogen) atoms. The van der Waals surface area contributed by atoms with Crippen molar-refractivity contribution >= 4 is 11.6 Å². The molecule has 1 aromatic carbocycles. The van der Waals surface area contributed by atoms with Crippen molar-refractivity contribution in [1.82, 2.24) is 14.9 Å². The van der Waals surface area contributed by atoms with Gasteiger partial charge in [0, 0.05) is 38.2 Å². The van der Waals surface area contributed by atoms with Crippen LogP contribution in [0.1, 0.15) is 35.7 Å². The first-order valence-corrected chi connectivity index (χ1v) is 10.2. The summed E-state index contributed by atoms with van der Waals surface area (Å²) in [6.07, 6.45) is -1.75. The topological polar surface area (TPSA) is 53.5 Å². The molecular formula is C21H26F3N5O. The van der Waals surface area contributed by atoms with Crippen molar-refractivity contribution in [3.8, 4) is 5.75 Å². The Balaban J connectivity index is 1.54. The molecule has 0 atom stereocenters. The van der Waals surface area contributed by atoms with E-state index >= 15 is 0 Å².